The first-order valence-electron chi connectivity index (χ1n) is 17.7. The lowest BCUT2D eigenvalue weighted by Crippen LogP contribution is -2.50. The van der Waals surface area contributed by atoms with E-state index in [1.807, 2.05) is 54.6 Å². The summed E-state index contributed by atoms with van der Waals surface area (Å²) in [6, 6.07) is 18.0. The lowest BCUT2D eigenvalue weighted by Gasteiger charge is -2.19. The number of benzene rings is 2. The van der Waals surface area contributed by atoms with Crippen molar-refractivity contribution in [1.82, 2.24) is 25.9 Å². The minimum atomic E-state index is -1.04. The third kappa shape index (κ3) is 12.6. The van der Waals surface area contributed by atoms with Gasteiger partial charge in [0.05, 0.1) is 24.4 Å². The first-order valence-corrected chi connectivity index (χ1v) is 18.6. The number of hydrogen-bond acceptors (Lipinski definition) is 8. The van der Waals surface area contributed by atoms with Gasteiger partial charge in [0, 0.05) is 41.4 Å². The first-order chi connectivity index (χ1) is 24.9. The predicted octanol–water partition coefficient (Wildman–Crippen LogP) is 6.57. The number of carbonyl (C=O) groups excluding carboxylic acids is 3. The highest BCUT2D eigenvalue weighted by Gasteiger charge is 2.25. The summed E-state index contributed by atoms with van der Waals surface area (Å²) in [5.74, 6) is -1.12. The van der Waals surface area contributed by atoms with Gasteiger partial charge in [-0.3, -0.25) is 19.2 Å². The van der Waals surface area contributed by atoms with Gasteiger partial charge in [0.15, 0.2) is 5.82 Å². The Labute approximate surface area is 309 Å². The molecule has 11 nitrogen and oxygen atoms in total. The molecule has 0 unspecified atom stereocenters. The van der Waals surface area contributed by atoms with E-state index in [2.05, 4.69) is 53.6 Å². The maximum Gasteiger partial charge on any atom is 0.305 e. The van der Waals surface area contributed by atoms with E-state index >= 15 is 0 Å². The van der Waals surface area contributed by atoms with E-state index in [1.54, 1.807) is 18.5 Å². The molecule has 4 N–H and O–H groups in total. The Bertz CT molecular complexity index is 1770. The van der Waals surface area contributed by atoms with Crippen LogP contribution in [0.1, 0.15) is 86.3 Å². The van der Waals surface area contributed by atoms with Crippen LogP contribution in [-0.2, 0) is 26.2 Å². The summed E-state index contributed by atoms with van der Waals surface area (Å²) in [6.45, 7) is 8.69. The van der Waals surface area contributed by atoms with Crippen LogP contribution in [0.4, 0.5) is 0 Å². The number of nitrogens with one attached hydrogen (secondary N) is 3. The van der Waals surface area contributed by atoms with Gasteiger partial charge in [0.1, 0.15) is 11.8 Å². The van der Waals surface area contributed by atoms with E-state index in [9.17, 15) is 19.2 Å². The van der Waals surface area contributed by atoms with Gasteiger partial charge in [-0.05, 0) is 47.2 Å². The molecule has 2 aromatic heterocycles. The number of carboxylic acid groups (broad SMARTS) is 1. The van der Waals surface area contributed by atoms with Crippen LogP contribution in [0.2, 0.25) is 0 Å². The standard InChI is InChI=1S/C40H49N5O6S/c1-5-6-7-8-9-22-51-31-16-14-28(15-17-31)30-24-42-37(43-25-30)29-12-10-27(11-13-29)23-32(38(49)44-26-35(46)41-21-20-36(47)48)45-39(50)33-18-19-34(52-33)40(2,3)4/h10-19,24-25,32H,5-9,20-23,26H2,1-4H3,(H,41,46)(H,44,49)(H,45,50)(H,47,48)/t32-/m0/s1. The number of carbonyl (C=O) groups is 4. The summed E-state index contributed by atoms with van der Waals surface area (Å²) < 4.78 is 5.89. The van der Waals surface area contributed by atoms with E-state index in [-0.39, 0.29) is 31.3 Å². The van der Waals surface area contributed by atoms with Crippen LogP contribution < -0.4 is 20.7 Å². The molecule has 52 heavy (non-hydrogen) atoms. The van der Waals surface area contributed by atoms with Crippen molar-refractivity contribution in [2.45, 2.75) is 84.1 Å². The van der Waals surface area contributed by atoms with Gasteiger partial charge in [-0.2, -0.15) is 0 Å². The van der Waals surface area contributed by atoms with Gasteiger partial charge >= 0.3 is 5.97 Å². The molecule has 276 valence electrons. The average Bonchev–Trinajstić information content (AvgIpc) is 3.64. The number of carboxylic acids is 1. The molecule has 4 aromatic rings. The number of thiophene rings is 1. The molecular weight excluding hydrogens is 679 g/mol. The zero-order chi connectivity index (χ0) is 37.5. The molecule has 0 aliphatic carbocycles. The molecule has 4 rings (SSSR count). The Balaban J connectivity index is 1.39. The van der Waals surface area contributed by atoms with Gasteiger partial charge in [-0.15, -0.1) is 11.3 Å². The Morgan fingerprint density at radius 1 is 0.827 bits per heavy atom. The van der Waals surface area contributed by atoms with Gasteiger partial charge in [0.2, 0.25) is 11.8 Å². The summed E-state index contributed by atoms with van der Waals surface area (Å²) >= 11 is 1.37. The number of aliphatic carboxylic acids is 1. The number of aromatic nitrogens is 2. The van der Waals surface area contributed by atoms with E-state index < -0.39 is 29.7 Å². The van der Waals surface area contributed by atoms with E-state index in [4.69, 9.17) is 9.84 Å². The zero-order valence-corrected chi connectivity index (χ0v) is 31.2. The van der Waals surface area contributed by atoms with Crippen LogP contribution in [0.25, 0.3) is 22.5 Å². The second-order valence-electron chi connectivity index (χ2n) is 13.6. The van der Waals surface area contributed by atoms with Crippen molar-refractivity contribution in [2.75, 3.05) is 19.7 Å². The van der Waals surface area contributed by atoms with Gasteiger partial charge in [-0.1, -0.05) is 89.8 Å². The zero-order valence-electron chi connectivity index (χ0n) is 30.4. The van der Waals surface area contributed by atoms with Gasteiger partial charge < -0.3 is 25.8 Å². The van der Waals surface area contributed by atoms with Crippen molar-refractivity contribution in [3.63, 3.8) is 0 Å². The molecule has 0 fully saturated rings. The van der Waals surface area contributed by atoms with E-state index in [0.29, 0.717) is 17.3 Å². The van der Waals surface area contributed by atoms with Crippen molar-refractivity contribution in [3.05, 3.63) is 88.4 Å². The number of ether oxygens (including phenoxy) is 1. The molecule has 1 atom stereocenters. The highest BCUT2D eigenvalue weighted by atomic mass is 32.1. The Morgan fingerprint density at radius 3 is 2.13 bits per heavy atom. The van der Waals surface area contributed by atoms with Crippen molar-refractivity contribution in [2.24, 2.45) is 0 Å². The van der Waals surface area contributed by atoms with Gasteiger partial charge in [0.25, 0.3) is 5.91 Å². The smallest absolute Gasteiger partial charge is 0.305 e. The van der Waals surface area contributed by atoms with E-state index in [1.165, 1.54) is 37.0 Å². The summed E-state index contributed by atoms with van der Waals surface area (Å²) in [4.78, 5) is 60.2. The van der Waals surface area contributed by atoms with Crippen LogP contribution in [-0.4, -0.2) is 64.5 Å². The van der Waals surface area contributed by atoms with E-state index in [0.717, 1.165) is 39.3 Å². The maximum absolute atomic E-state index is 13.3. The summed E-state index contributed by atoms with van der Waals surface area (Å²) in [5.41, 5.74) is 3.30. The quantitative estimate of drug-likeness (QED) is 0.0790. The van der Waals surface area contributed by atoms with Crippen LogP contribution in [0.5, 0.6) is 5.75 Å². The summed E-state index contributed by atoms with van der Waals surface area (Å²) in [6.07, 6.45) is 9.47. The van der Waals surface area contributed by atoms with Crippen molar-refractivity contribution in [3.8, 4) is 28.3 Å². The van der Waals surface area contributed by atoms with Gasteiger partial charge in [-0.25, -0.2) is 9.97 Å². The fourth-order valence-corrected chi connectivity index (χ4v) is 6.22. The summed E-state index contributed by atoms with van der Waals surface area (Å²) in [7, 11) is 0. The second kappa shape index (κ2) is 19.5. The topological polar surface area (TPSA) is 160 Å². The fourth-order valence-electron chi connectivity index (χ4n) is 5.25. The average molecular weight is 728 g/mol. The first kappa shape index (κ1) is 39.7. The Kier molecular flexibility index (Phi) is 14.9. The third-order valence-corrected chi connectivity index (χ3v) is 9.79. The molecule has 2 heterocycles. The van der Waals surface area contributed by atoms with Crippen LogP contribution in [0.15, 0.2) is 73.1 Å². The molecule has 2 aromatic carbocycles. The van der Waals surface area contributed by atoms with Crippen LogP contribution in [0, 0.1) is 0 Å². The lowest BCUT2D eigenvalue weighted by atomic mass is 9.95. The van der Waals surface area contributed by atoms with Crippen molar-refractivity contribution in [1.29, 1.82) is 0 Å². The summed E-state index contributed by atoms with van der Waals surface area (Å²) in [5, 5.41) is 16.7. The second-order valence-corrected chi connectivity index (χ2v) is 14.7. The minimum absolute atomic E-state index is 0.0562. The Morgan fingerprint density at radius 2 is 1.50 bits per heavy atom. The number of unbranched alkanes of at least 4 members (excludes halogenated alkanes) is 4. The molecule has 0 aliphatic rings. The fraction of sp³-hybridized carbons (Fsp3) is 0.400. The number of amides is 3. The molecule has 0 aliphatic heterocycles. The normalized spacial score (nSPS) is 11.8. The lowest BCUT2D eigenvalue weighted by molar-refractivity contribution is -0.137. The highest BCUT2D eigenvalue weighted by molar-refractivity contribution is 7.14. The monoisotopic (exact) mass is 727 g/mol. The molecule has 0 saturated carbocycles. The van der Waals surface area contributed by atoms with Crippen molar-refractivity contribution < 1.29 is 29.0 Å². The van der Waals surface area contributed by atoms with Crippen LogP contribution >= 0.6 is 11.3 Å². The Hall–Kier alpha value is -5.10. The predicted molar refractivity (Wildman–Crippen MR) is 203 cm³/mol. The SMILES string of the molecule is CCCCCCCOc1ccc(-c2cnc(-c3ccc(C[C@H](NC(=O)c4ccc(C(C)(C)C)s4)C(=O)NCC(=O)NCCC(=O)O)cc3)nc2)cc1. The molecular formula is C40H49N5O6S. The molecule has 0 saturated heterocycles. The third-order valence-electron chi connectivity index (χ3n) is 8.28. The number of rotatable bonds is 19. The van der Waals surface area contributed by atoms with Crippen molar-refractivity contribution >= 4 is 35.0 Å². The number of hydrogen-bond donors (Lipinski definition) is 4. The minimum Gasteiger partial charge on any atom is -0.494 e. The highest BCUT2D eigenvalue weighted by Crippen LogP contribution is 2.29. The molecule has 12 heteroatoms. The molecule has 0 bridgehead atoms. The largest absolute Gasteiger partial charge is 0.494 e. The number of nitrogens with zero attached hydrogens (tertiary/aromatic N) is 2. The maximum atomic E-state index is 13.3. The van der Waals surface area contributed by atoms with Crippen LogP contribution in [0.3, 0.4) is 0 Å². The molecule has 3 amide bonds. The molecule has 0 spiro atoms. The molecule has 0 radical (unpaired) electrons.